The molecule has 0 radical (unpaired) electrons. The maximum atomic E-state index is 14.7. The molecule has 1 spiro atoms. The van der Waals surface area contributed by atoms with E-state index in [9.17, 15) is 19.5 Å². The van der Waals surface area contributed by atoms with E-state index in [0.717, 1.165) is 36.1 Å². The van der Waals surface area contributed by atoms with Crippen molar-refractivity contribution in [2.45, 2.75) is 73.2 Å². The zero-order valence-corrected chi connectivity index (χ0v) is 25.9. The highest BCUT2D eigenvalue weighted by Gasteiger charge is 2.76. The van der Waals surface area contributed by atoms with Crippen LogP contribution in [0.25, 0.3) is 0 Å². The van der Waals surface area contributed by atoms with E-state index in [2.05, 4.69) is 29.1 Å². The maximum absolute atomic E-state index is 14.7. The predicted molar refractivity (Wildman–Crippen MR) is 164 cm³/mol. The number of aliphatic hydroxyl groups excluding tert-OH is 1. The normalized spacial score (nSPS) is 28.4. The molecule has 1 aromatic carbocycles. The lowest BCUT2D eigenvalue weighted by molar-refractivity contribution is -0.154. The fourth-order valence-electron chi connectivity index (χ4n) is 6.60. The van der Waals surface area contributed by atoms with Crippen molar-refractivity contribution in [3.8, 4) is 0 Å². The van der Waals surface area contributed by atoms with Crippen LogP contribution in [0.4, 0.5) is 5.69 Å². The first-order valence-electron chi connectivity index (χ1n) is 14.2. The second-order valence-corrected chi connectivity index (χ2v) is 13.8. The lowest BCUT2D eigenvalue weighted by Gasteiger charge is -2.38. The summed E-state index contributed by atoms with van der Waals surface area (Å²) in [6.45, 7) is 12.7. The summed E-state index contributed by atoms with van der Waals surface area (Å²) in [5.74, 6) is -1.84. The number of unbranched alkanes of at least 4 members (excludes halogenated alkanes) is 3. The summed E-state index contributed by atoms with van der Waals surface area (Å²) < 4.78 is 4.89. The third-order valence-electron chi connectivity index (χ3n) is 8.40. The molecule has 1 aromatic rings. The summed E-state index contributed by atoms with van der Waals surface area (Å²) in [6, 6.07) is 5.33. The maximum Gasteiger partial charge on any atom is 0.310 e. The molecular weight excluding hydrogens is 592 g/mol. The first-order chi connectivity index (χ1) is 19.2. The zero-order valence-electron chi connectivity index (χ0n) is 23.5. The van der Waals surface area contributed by atoms with Crippen LogP contribution in [0.15, 0.2) is 43.5 Å². The number of aliphatic hydroxyl groups is 1. The van der Waals surface area contributed by atoms with Crippen LogP contribution in [0, 0.1) is 25.7 Å². The Kier molecular flexibility index (Phi) is 10.2. The molecule has 3 aliphatic rings. The number of hydrogen-bond donors (Lipinski definition) is 1. The van der Waals surface area contributed by atoms with Gasteiger partial charge in [0.15, 0.2) is 0 Å². The third-order valence-corrected chi connectivity index (χ3v) is 11.6. The zero-order chi connectivity index (χ0) is 29.0. The quantitative estimate of drug-likeness (QED) is 0.135. The van der Waals surface area contributed by atoms with Crippen LogP contribution in [0.3, 0.4) is 0 Å². The van der Waals surface area contributed by atoms with Crippen molar-refractivity contribution >= 4 is 51.2 Å². The minimum atomic E-state index is -0.725. The van der Waals surface area contributed by atoms with Crippen molar-refractivity contribution in [2.24, 2.45) is 11.8 Å². The fourth-order valence-corrected chi connectivity index (χ4v) is 10.2. The molecule has 3 saturated heterocycles. The van der Waals surface area contributed by atoms with Gasteiger partial charge in [-0.05, 0) is 56.7 Å². The average Bonchev–Trinajstić information content (AvgIpc) is 3.52. The molecule has 3 aliphatic heterocycles. The summed E-state index contributed by atoms with van der Waals surface area (Å²) in [4.78, 5) is 45.9. The molecule has 218 valence electrons. The van der Waals surface area contributed by atoms with Gasteiger partial charge in [-0.1, -0.05) is 53.1 Å². The number of rotatable bonds is 14. The van der Waals surface area contributed by atoms with E-state index in [1.165, 1.54) is 0 Å². The number of likely N-dealkylation sites (tertiary alicyclic amines) is 1. The number of anilines is 1. The molecule has 2 bridgehead atoms. The number of nitrogens with zero attached hydrogens (tertiary/aromatic N) is 2. The minimum Gasteiger partial charge on any atom is -0.465 e. The smallest absolute Gasteiger partial charge is 0.310 e. The molecule has 0 aromatic heterocycles. The first-order valence-corrected chi connectivity index (χ1v) is 16.0. The summed E-state index contributed by atoms with van der Waals surface area (Å²) in [5, 5.41) is 9.04. The molecular formula is C31H41BrN2O5S. The van der Waals surface area contributed by atoms with Crippen molar-refractivity contribution in [1.29, 1.82) is 0 Å². The van der Waals surface area contributed by atoms with Gasteiger partial charge in [-0.15, -0.1) is 24.9 Å². The number of esters is 1. The van der Waals surface area contributed by atoms with Gasteiger partial charge in [-0.25, -0.2) is 0 Å². The Hall–Kier alpha value is -2.10. The molecule has 4 rings (SSSR count). The van der Waals surface area contributed by atoms with Crippen LogP contribution in [-0.4, -0.2) is 75.0 Å². The number of hydrogen-bond acceptors (Lipinski definition) is 6. The van der Waals surface area contributed by atoms with E-state index >= 15 is 0 Å². The SMILES string of the molecule is C=CCCOC(=O)[C@H]1[C@@H]2SC3(CC2Br)C(C(=O)N(CC=C)c2cc(C)ccc2C)N(CCCCCCO)C(=O)[C@H]13. The second kappa shape index (κ2) is 13.3. The number of aryl methyl sites for hydroxylation is 2. The molecule has 2 amide bonds. The topological polar surface area (TPSA) is 87.2 Å². The molecule has 3 fully saturated rings. The van der Waals surface area contributed by atoms with Gasteiger partial charge in [-0.3, -0.25) is 14.4 Å². The number of carbonyl (C=O) groups is 3. The van der Waals surface area contributed by atoms with E-state index in [0.29, 0.717) is 32.4 Å². The van der Waals surface area contributed by atoms with Crippen molar-refractivity contribution in [1.82, 2.24) is 4.90 Å². The van der Waals surface area contributed by atoms with E-state index in [4.69, 9.17) is 4.74 Å². The number of amides is 2. The van der Waals surface area contributed by atoms with E-state index in [1.807, 2.05) is 32.0 Å². The monoisotopic (exact) mass is 632 g/mol. The van der Waals surface area contributed by atoms with Crippen LogP contribution >= 0.6 is 27.7 Å². The van der Waals surface area contributed by atoms with Crippen molar-refractivity contribution in [3.63, 3.8) is 0 Å². The lowest BCUT2D eigenvalue weighted by atomic mass is 9.71. The molecule has 3 heterocycles. The van der Waals surface area contributed by atoms with Gasteiger partial charge in [0.1, 0.15) is 6.04 Å². The summed E-state index contributed by atoms with van der Waals surface area (Å²) in [7, 11) is 0. The minimum absolute atomic E-state index is 0.00753. The molecule has 0 saturated carbocycles. The molecule has 0 aliphatic carbocycles. The molecule has 1 N–H and O–H groups in total. The van der Waals surface area contributed by atoms with E-state index in [1.54, 1.807) is 33.7 Å². The Morgan fingerprint density at radius 1 is 1.23 bits per heavy atom. The molecule has 7 nitrogen and oxygen atoms in total. The lowest BCUT2D eigenvalue weighted by Crippen LogP contribution is -2.55. The summed E-state index contributed by atoms with van der Waals surface area (Å²) in [6.07, 6.45) is 7.74. The first kappa shape index (κ1) is 30.8. The van der Waals surface area contributed by atoms with Crippen LogP contribution in [0.2, 0.25) is 0 Å². The average molecular weight is 634 g/mol. The number of alkyl halides is 1. The number of carbonyl (C=O) groups excluding carboxylic acids is 3. The van der Waals surface area contributed by atoms with Gasteiger partial charge in [-0.2, -0.15) is 0 Å². The standard InChI is InChI=1S/C31H41BrN2O5S/c1-5-7-17-39-30(38)24-25-28(36)34(15-10-8-9-11-16-35)27(31(25)19-22(32)26(24)40-31)29(37)33(14-6-2)23-18-20(3)12-13-21(23)4/h5-6,12-13,18,22,24-27,35H,1-2,7-11,14-17,19H2,3-4H3/t22?,24-,25+,26-,27?,31?/m1/s1. The Morgan fingerprint density at radius 3 is 2.67 bits per heavy atom. The number of ether oxygens (including phenoxy) is 1. The van der Waals surface area contributed by atoms with Crippen LogP contribution in [-0.2, 0) is 19.1 Å². The van der Waals surface area contributed by atoms with Gasteiger partial charge in [0.2, 0.25) is 5.91 Å². The fraction of sp³-hybridized carbons (Fsp3) is 0.581. The van der Waals surface area contributed by atoms with Crippen LogP contribution in [0.5, 0.6) is 0 Å². The molecule has 9 heteroatoms. The number of thioether (sulfide) groups is 1. The molecule has 6 atom stereocenters. The highest BCUT2D eigenvalue weighted by molar-refractivity contribution is 9.09. The van der Waals surface area contributed by atoms with Gasteiger partial charge in [0, 0.05) is 35.5 Å². The molecule has 40 heavy (non-hydrogen) atoms. The van der Waals surface area contributed by atoms with E-state index in [-0.39, 0.29) is 41.1 Å². The highest BCUT2D eigenvalue weighted by Crippen LogP contribution is 2.68. The number of benzene rings is 1. The Labute approximate surface area is 250 Å². The Morgan fingerprint density at radius 2 is 1.98 bits per heavy atom. The number of fused-ring (bicyclic) bond motifs is 1. The van der Waals surface area contributed by atoms with Gasteiger partial charge < -0.3 is 19.6 Å². The summed E-state index contributed by atoms with van der Waals surface area (Å²) in [5.41, 5.74) is 2.83. The van der Waals surface area contributed by atoms with Gasteiger partial charge >= 0.3 is 5.97 Å². The molecule has 3 unspecified atom stereocenters. The van der Waals surface area contributed by atoms with Gasteiger partial charge in [0.05, 0.1) is 23.2 Å². The van der Waals surface area contributed by atoms with Crippen LogP contribution < -0.4 is 4.90 Å². The van der Waals surface area contributed by atoms with Crippen molar-refractivity contribution in [2.75, 3.05) is 31.2 Å². The largest absolute Gasteiger partial charge is 0.465 e. The van der Waals surface area contributed by atoms with Crippen LogP contribution in [0.1, 0.15) is 49.7 Å². The van der Waals surface area contributed by atoms with Gasteiger partial charge in [0.25, 0.3) is 5.91 Å². The van der Waals surface area contributed by atoms with E-state index < -0.39 is 22.6 Å². The van der Waals surface area contributed by atoms with Crippen molar-refractivity contribution < 1.29 is 24.2 Å². The summed E-state index contributed by atoms with van der Waals surface area (Å²) >= 11 is 5.44. The van der Waals surface area contributed by atoms with Crippen molar-refractivity contribution in [3.05, 3.63) is 54.6 Å². The third kappa shape index (κ3) is 5.66. The highest BCUT2D eigenvalue weighted by atomic mass is 79.9. The second-order valence-electron chi connectivity index (χ2n) is 11.1. The predicted octanol–water partition coefficient (Wildman–Crippen LogP) is 4.96. The number of halogens is 1. The Bertz CT molecular complexity index is 1140. The Balaban J connectivity index is 1.73.